The highest BCUT2D eigenvalue weighted by Crippen LogP contribution is 2.22. The molecule has 0 spiro atoms. The molecule has 3 rings (SSSR count). The maximum absolute atomic E-state index is 11.9. The fraction of sp³-hybridized carbons (Fsp3) is 0.111. The van der Waals surface area contributed by atoms with Gasteiger partial charge in [-0.05, 0) is 17.7 Å². The average molecular weight is 367 g/mol. The van der Waals surface area contributed by atoms with Crippen LogP contribution in [0, 0.1) is 0 Å². The van der Waals surface area contributed by atoms with Crippen LogP contribution in [-0.4, -0.2) is 37.7 Å². The highest BCUT2D eigenvalue weighted by atomic mass is 32.2. The van der Waals surface area contributed by atoms with E-state index in [1.54, 1.807) is 24.3 Å². The monoisotopic (exact) mass is 367 g/mol. The first-order valence-corrected chi connectivity index (χ1v) is 8.80. The first kappa shape index (κ1) is 17.7. The number of nitrogens with zero attached hydrogens (tertiary/aromatic N) is 4. The Labute approximate surface area is 154 Å². The van der Waals surface area contributed by atoms with Gasteiger partial charge in [0.25, 0.3) is 5.91 Å². The van der Waals surface area contributed by atoms with E-state index in [1.807, 2.05) is 41.9 Å². The zero-order valence-corrected chi connectivity index (χ0v) is 14.8. The van der Waals surface area contributed by atoms with E-state index in [9.17, 15) is 9.90 Å². The molecule has 0 atom stereocenters. The van der Waals surface area contributed by atoms with E-state index >= 15 is 0 Å². The van der Waals surface area contributed by atoms with E-state index < -0.39 is 0 Å². The van der Waals surface area contributed by atoms with E-state index in [2.05, 4.69) is 20.7 Å². The molecule has 0 aliphatic heterocycles. The molecular formula is C18H17N5O2S. The van der Waals surface area contributed by atoms with Crippen LogP contribution in [0.3, 0.4) is 0 Å². The number of carbonyl (C=O) groups excluding carboxylic acids is 1. The standard InChI is InChI=1S/C18H17N5O2S/c1-23-17(14-7-3-2-4-8-14)21-22-18(23)26-12-16(25)20-19-11-13-6-5-9-15(24)10-13/h2-11,24H,12H2,1H3,(H,20,25). The molecule has 0 aliphatic carbocycles. The number of rotatable bonds is 6. The maximum atomic E-state index is 11.9. The summed E-state index contributed by atoms with van der Waals surface area (Å²) in [6, 6.07) is 16.3. The Kier molecular flexibility index (Phi) is 5.65. The summed E-state index contributed by atoms with van der Waals surface area (Å²) in [6.45, 7) is 0. The second kappa shape index (κ2) is 8.30. The Morgan fingerprint density at radius 2 is 2.04 bits per heavy atom. The summed E-state index contributed by atoms with van der Waals surface area (Å²) >= 11 is 1.28. The van der Waals surface area contributed by atoms with Crippen molar-refractivity contribution in [2.75, 3.05) is 5.75 Å². The summed E-state index contributed by atoms with van der Waals surface area (Å²) in [6.07, 6.45) is 1.47. The van der Waals surface area contributed by atoms with Crippen LogP contribution in [0.4, 0.5) is 0 Å². The number of carbonyl (C=O) groups is 1. The molecular weight excluding hydrogens is 350 g/mol. The summed E-state index contributed by atoms with van der Waals surface area (Å²) < 4.78 is 1.85. The molecule has 26 heavy (non-hydrogen) atoms. The second-order valence-corrected chi connectivity index (χ2v) is 6.35. The molecule has 0 fully saturated rings. The highest BCUT2D eigenvalue weighted by molar-refractivity contribution is 7.99. The van der Waals surface area contributed by atoms with Gasteiger partial charge in [-0.1, -0.05) is 54.2 Å². The fourth-order valence-electron chi connectivity index (χ4n) is 2.23. The third-order valence-corrected chi connectivity index (χ3v) is 4.49. The molecule has 1 aromatic heterocycles. The number of amides is 1. The van der Waals surface area contributed by atoms with Crippen molar-refractivity contribution >= 4 is 23.9 Å². The molecule has 0 unspecified atom stereocenters. The lowest BCUT2D eigenvalue weighted by molar-refractivity contribution is -0.118. The number of hydrogen-bond donors (Lipinski definition) is 2. The van der Waals surface area contributed by atoms with Crippen LogP contribution in [0.2, 0.25) is 0 Å². The number of aromatic nitrogens is 3. The second-order valence-electron chi connectivity index (χ2n) is 5.41. The van der Waals surface area contributed by atoms with Crippen molar-refractivity contribution in [1.29, 1.82) is 0 Å². The Hall–Kier alpha value is -3.13. The number of hydrogen-bond acceptors (Lipinski definition) is 6. The SMILES string of the molecule is Cn1c(SCC(=O)NN=Cc2cccc(O)c2)nnc1-c1ccccc1. The van der Waals surface area contributed by atoms with Crippen LogP contribution in [-0.2, 0) is 11.8 Å². The summed E-state index contributed by atoms with van der Waals surface area (Å²) in [5, 5.41) is 22.2. The number of phenols is 1. The Bertz CT molecular complexity index is 924. The smallest absolute Gasteiger partial charge is 0.250 e. The van der Waals surface area contributed by atoms with E-state index in [0.29, 0.717) is 10.7 Å². The van der Waals surface area contributed by atoms with Gasteiger partial charge >= 0.3 is 0 Å². The summed E-state index contributed by atoms with van der Waals surface area (Å²) in [5.74, 6) is 0.802. The molecule has 0 bridgehead atoms. The predicted molar refractivity (Wildman–Crippen MR) is 101 cm³/mol. The van der Waals surface area contributed by atoms with Crippen molar-refractivity contribution in [3.05, 3.63) is 60.2 Å². The van der Waals surface area contributed by atoms with Crippen LogP contribution >= 0.6 is 11.8 Å². The van der Waals surface area contributed by atoms with Crippen LogP contribution in [0.1, 0.15) is 5.56 Å². The molecule has 0 radical (unpaired) electrons. The van der Waals surface area contributed by atoms with Crippen molar-refractivity contribution in [2.24, 2.45) is 12.1 Å². The van der Waals surface area contributed by atoms with Crippen LogP contribution < -0.4 is 5.43 Å². The van der Waals surface area contributed by atoms with Crippen LogP contribution in [0.5, 0.6) is 5.75 Å². The van der Waals surface area contributed by atoms with Gasteiger partial charge in [0.2, 0.25) is 0 Å². The first-order chi connectivity index (χ1) is 12.6. The van der Waals surface area contributed by atoms with Gasteiger partial charge in [0, 0.05) is 12.6 Å². The number of aromatic hydroxyl groups is 1. The fourth-order valence-corrected chi connectivity index (χ4v) is 2.93. The molecule has 3 aromatic rings. The molecule has 132 valence electrons. The Morgan fingerprint density at radius 1 is 1.23 bits per heavy atom. The Morgan fingerprint density at radius 3 is 2.81 bits per heavy atom. The summed E-state index contributed by atoms with van der Waals surface area (Å²) in [5.41, 5.74) is 4.11. The third-order valence-electron chi connectivity index (χ3n) is 3.47. The minimum atomic E-state index is -0.254. The van der Waals surface area contributed by atoms with Crippen molar-refractivity contribution in [3.63, 3.8) is 0 Å². The lowest BCUT2D eigenvalue weighted by atomic mass is 10.2. The molecule has 8 heteroatoms. The third kappa shape index (κ3) is 4.48. The lowest BCUT2D eigenvalue weighted by Gasteiger charge is -2.03. The van der Waals surface area contributed by atoms with Crippen LogP contribution in [0.15, 0.2) is 64.9 Å². The zero-order chi connectivity index (χ0) is 18.4. The van der Waals surface area contributed by atoms with Crippen molar-refractivity contribution in [3.8, 4) is 17.1 Å². The van der Waals surface area contributed by atoms with Gasteiger partial charge in [-0.2, -0.15) is 5.10 Å². The van der Waals surface area contributed by atoms with Crippen molar-refractivity contribution in [1.82, 2.24) is 20.2 Å². The minimum Gasteiger partial charge on any atom is -0.508 e. The summed E-state index contributed by atoms with van der Waals surface area (Å²) in [7, 11) is 1.86. The van der Waals surface area contributed by atoms with Gasteiger partial charge in [0.05, 0.1) is 12.0 Å². The number of phenolic OH excluding ortho intramolecular Hbond substituents is 1. The first-order valence-electron chi connectivity index (χ1n) is 7.82. The average Bonchev–Trinajstić information content (AvgIpc) is 3.01. The summed E-state index contributed by atoms with van der Waals surface area (Å²) in [4.78, 5) is 11.9. The minimum absolute atomic E-state index is 0.146. The van der Waals surface area contributed by atoms with Gasteiger partial charge in [0.15, 0.2) is 11.0 Å². The van der Waals surface area contributed by atoms with Gasteiger partial charge in [0.1, 0.15) is 5.75 Å². The number of benzene rings is 2. The highest BCUT2D eigenvalue weighted by Gasteiger charge is 2.12. The van der Waals surface area contributed by atoms with E-state index in [-0.39, 0.29) is 17.4 Å². The largest absolute Gasteiger partial charge is 0.508 e. The number of hydrazone groups is 1. The predicted octanol–water partition coefficient (Wildman–Crippen LogP) is 2.43. The van der Waals surface area contributed by atoms with Gasteiger partial charge in [-0.3, -0.25) is 4.79 Å². The van der Waals surface area contributed by atoms with E-state index in [1.165, 1.54) is 18.0 Å². The molecule has 1 heterocycles. The van der Waals surface area contributed by atoms with Gasteiger partial charge in [-0.25, -0.2) is 5.43 Å². The van der Waals surface area contributed by atoms with Gasteiger partial charge < -0.3 is 9.67 Å². The molecule has 0 aliphatic rings. The van der Waals surface area contributed by atoms with Gasteiger partial charge in [-0.15, -0.1) is 10.2 Å². The quantitative estimate of drug-likeness (QED) is 0.397. The molecule has 0 saturated heterocycles. The molecule has 7 nitrogen and oxygen atoms in total. The van der Waals surface area contributed by atoms with Crippen molar-refractivity contribution < 1.29 is 9.90 Å². The zero-order valence-electron chi connectivity index (χ0n) is 14.0. The van der Waals surface area contributed by atoms with E-state index in [4.69, 9.17) is 0 Å². The Balaban J connectivity index is 1.54. The topological polar surface area (TPSA) is 92.4 Å². The number of nitrogens with one attached hydrogen (secondary N) is 1. The molecule has 2 aromatic carbocycles. The molecule has 1 amide bonds. The van der Waals surface area contributed by atoms with Crippen LogP contribution in [0.25, 0.3) is 11.4 Å². The van der Waals surface area contributed by atoms with E-state index in [0.717, 1.165) is 11.4 Å². The molecule has 0 saturated carbocycles. The maximum Gasteiger partial charge on any atom is 0.250 e. The normalized spacial score (nSPS) is 11.0. The lowest BCUT2D eigenvalue weighted by Crippen LogP contribution is -2.19. The van der Waals surface area contributed by atoms with Crippen molar-refractivity contribution in [2.45, 2.75) is 5.16 Å². The number of thioether (sulfide) groups is 1. The molecule has 2 N–H and O–H groups in total.